The zero-order chi connectivity index (χ0) is 16.3. The molecule has 0 aromatic carbocycles. The Balaban J connectivity index is 0. The molecule has 23 heavy (non-hydrogen) atoms. The molecule has 2 saturated carbocycles. The molecule has 0 heterocycles. The molecule has 0 unspecified atom stereocenters. The molecule has 2 rings (SSSR count). The molecule has 10 radical (unpaired) electrons. The van der Waals surface area contributed by atoms with Crippen molar-refractivity contribution in [2.75, 3.05) is 0 Å². The standard InChI is InChI=1S/C12H22.2C5H5.Hf/c1-4-7-9-11-12(6-3)10-8-5-2;2*1-2-4-5-3-1;/h3-10H2,1-2H3;2*1-5H;/q-2;;;+4. The molecule has 1 heteroatoms. The Hall–Kier alpha value is 0.610. The van der Waals surface area contributed by atoms with Gasteiger partial charge >= 0.3 is 25.8 Å². The van der Waals surface area contributed by atoms with Crippen molar-refractivity contribution in [1.29, 1.82) is 0 Å². The van der Waals surface area contributed by atoms with Crippen LogP contribution >= 0.6 is 0 Å². The molecule has 2 fully saturated rings. The zero-order valence-electron chi connectivity index (χ0n) is 14.9. The summed E-state index contributed by atoms with van der Waals surface area (Å²) < 4.78 is 0. The van der Waals surface area contributed by atoms with Crippen LogP contribution < -0.4 is 0 Å². The molecule has 0 amide bonds. The molecule has 0 spiro atoms. The quantitative estimate of drug-likeness (QED) is 0.229. The summed E-state index contributed by atoms with van der Waals surface area (Å²) in [4.78, 5) is 0. The number of hydrogen-bond acceptors (Lipinski definition) is 0. The molecule has 0 saturated heterocycles. The summed E-state index contributed by atoms with van der Waals surface area (Å²) >= 11 is 0. The first-order valence-corrected chi connectivity index (χ1v) is 8.56. The Morgan fingerprint density at radius 1 is 0.739 bits per heavy atom. The van der Waals surface area contributed by atoms with E-state index < -0.39 is 0 Å². The topological polar surface area (TPSA) is 0 Å². The van der Waals surface area contributed by atoms with Gasteiger partial charge in [0.2, 0.25) is 0 Å². The van der Waals surface area contributed by atoms with Crippen molar-refractivity contribution in [2.24, 2.45) is 0 Å². The maximum Gasteiger partial charge on any atom is 4.00 e. The van der Waals surface area contributed by atoms with E-state index in [1.165, 1.54) is 37.7 Å². The van der Waals surface area contributed by atoms with Gasteiger partial charge in [-0.1, -0.05) is 46.0 Å². The van der Waals surface area contributed by atoms with Gasteiger partial charge in [0.1, 0.15) is 0 Å². The van der Waals surface area contributed by atoms with Crippen molar-refractivity contribution in [1.82, 2.24) is 0 Å². The average Bonchev–Trinajstić information content (AvgIpc) is 3.29. The van der Waals surface area contributed by atoms with Crippen LogP contribution in [0.2, 0.25) is 0 Å². The molecule has 0 atom stereocenters. The van der Waals surface area contributed by atoms with Crippen LogP contribution in [0.1, 0.15) is 58.8 Å². The smallest absolute Gasteiger partial charge is 0.500 e. The van der Waals surface area contributed by atoms with Crippen molar-refractivity contribution in [3.8, 4) is 0 Å². The molecular weight excluding hydrogens is 443 g/mol. The Labute approximate surface area is 167 Å². The summed E-state index contributed by atoms with van der Waals surface area (Å²) in [6.07, 6.45) is 31.9. The molecule has 2 aliphatic carbocycles. The van der Waals surface area contributed by atoms with E-state index in [1.54, 1.807) is 0 Å². The summed E-state index contributed by atoms with van der Waals surface area (Å²) in [6.45, 7) is 8.37. The van der Waals surface area contributed by atoms with Gasteiger partial charge in [0, 0.05) is 0 Å². The minimum Gasteiger partial charge on any atom is -0.500 e. The summed E-state index contributed by atoms with van der Waals surface area (Å²) in [5.41, 5.74) is 1.44. The molecule has 0 bridgehead atoms. The number of allylic oxidation sites excluding steroid dienone is 2. The molecule has 0 aromatic rings. The van der Waals surface area contributed by atoms with Crippen LogP contribution in [-0.4, -0.2) is 0 Å². The maximum atomic E-state index is 3.92. The minimum absolute atomic E-state index is 0. The van der Waals surface area contributed by atoms with E-state index in [4.69, 9.17) is 0 Å². The van der Waals surface area contributed by atoms with Crippen LogP contribution in [-0.2, 0) is 25.8 Å². The molecule has 2 aliphatic rings. The second-order valence-corrected chi connectivity index (χ2v) is 5.16. The van der Waals surface area contributed by atoms with E-state index in [2.05, 4.69) is 26.8 Å². The number of unbranched alkanes of at least 4 members (excludes halogenated alkanes) is 3. The van der Waals surface area contributed by atoms with Crippen LogP contribution in [0, 0.1) is 77.2 Å². The van der Waals surface area contributed by atoms with Gasteiger partial charge in [-0.25, -0.2) is 0 Å². The van der Waals surface area contributed by atoms with E-state index >= 15 is 0 Å². The normalized spacial score (nSPS) is 16.7. The Bertz CT molecular complexity index is 199. The van der Waals surface area contributed by atoms with Gasteiger partial charge in [0.15, 0.2) is 0 Å². The van der Waals surface area contributed by atoms with Gasteiger partial charge in [-0.2, -0.15) is 12.8 Å². The van der Waals surface area contributed by atoms with E-state index in [1.807, 2.05) is 64.2 Å². The van der Waals surface area contributed by atoms with Crippen molar-refractivity contribution in [2.45, 2.75) is 58.8 Å². The fourth-order valence-electron chi connectivity index (χ4n) is 1.78. The van der Waals surface area contributed by atoms with Gasteiger partial charge in [-0.05, 0) is 64.2 Å². The van der Waals surface area contributed by atoms with Crippen LogP contribution in [0.4, 0.5) is 0 Å². The van der Waals surface area contributed by atoms with Gasteiger partial charge < -0.3 is 13.0 Å². The molecule has 0 aliphatic heterocycles. The van der Waals surface area contributed by atoms with E-state index in [9.17, 15) is 0 Å². The Kier molecular flexibility index (Phi) is 25.4. The Morgan fingerprint density at radius 3 is 1.43 bits per heavy atom. The SMILES string of the molecule is [CH2-]CC(=[C-]CCCC)CCCC.[CH]1[CH][CH][CH][CH]1.[CH]1[CH][CH][CH][CH]1.[Hf+4]. The van der Waals surface area contributed by atoms with E-state index in [-0.39, 0.29) is 25.8 Å². The molecular formula is C22H32Hf+2. The largest absolute Gasteiger partial charge is 4.00 e. The van der Waals surface area contributed by atoms with Gasteiger partial charge in [0.25, 0.3) is 0 Å². The van der Waals surface area contributed by atoms with Gasteiger partial charge in [0.05, 0.1) is 0 Å². The fourth-order valence-corrected chi connectivity index (χ4v) is 1.78. The second kappa shape index (κ2) is 22.6. The fraction of sp³-hybridized carbons (Fsp3) is 0.409. The molecule has 0 N–H and O–H groups in total. The molecule has 122 valence electrons. The average molecular weight is 475 g/mol. The van der Waals surface area contributed by atoms with Crippen LogP contribution in [0.15, 0.2) is 5.57 Å². The van der Waals surface area contributed by atoms with E-state index in [0.29, 0.717) is 0 Å². The third-order valence-corrected chi connectivity index (χ3v) is 3.15. The first-order chi connectivity index (χ1) is 10.8. The third kappa shape index (κ3) is 20.6. The van der Waals surface area contributed by atoms with Crippen LogP contribution in [0.25, 0.3) is 0 Å². The summed E-state index contributed by atoms with van der Waals surface area (Å²) in [5, 5.41) is 0. The first-order valence-electron chi connectivity index (χ1n) is 8.56. The molecule has 0 nitrogen and oxygen atoms in total. The maximum absolute atomic E-state index is 3.92. The monoisotopic (exact) mass is 476 g/mol. The second-order valence-electron chi connectivity index (χ2n) is 5.16. The Morgan fingerprint density at radius 2 is 1.13 bits per heavy atom. The van der Waals surface area contributed by atoms with Gasteiger partial charge in [-0.15, -0.1) is 0 Å². The summed E-state index contributed by atoms with van der Waals surface area (Å²) in [6, 6.07) is 0. The van der Waals surface area contributed by atoms with Crippen molar-refractivity contribution >= 4 is 0 Å². The molecule has 0 aromatic heterocycles. The van der Waals surface area contributed by atoms with Crippen LogP contribution in [0.3, 0.4) is 0 Å². The number of rotatable bonds is 7. The predicted molar refractivity (Wildman–Crippen MR) is 98.8 cm³/mol. The number of hydrogen-bond donors (Lipinski definition) is 0. The van der Waals surface area contributed by atoms with Gasteiger partial charge in [-0.3, -0.25) is 5.57 Å². The zero-order valence-corrected chi connectivity index (χ0v) is 18.5. The van der Waals surface area contributed by atoms with Crippen molar-refractivity contribution in [3.63, 3.8) is 0 Å². The summed E-state index contributed by atoms with van der Waals surface area (Å²) in [5.74, 6) is 0. The van der Waals surface area contributed by atoms with Crippen molar-refractivity contribution in [3.05, 3.63) is 82.8 Å². The van der Waals surface area contributed by atoms with Crippen molar-refractivity contribution < 1.29 is 25.8 Å². The minimum atomic E-state index is 0. The van der Waals surface area contributed by atoms with Crippen LogP contribution in [0.5, 0.6) is 0 Å². The predicted octanol–water partition coefficient (Wildman–Crippen LogP) is 6.36. The first kappa shape index (κ1) is 25.8. The third-order valence-electron chi connectivity index (χ3n) is 3.15. The summed E-state index contributed by atoms with van der Waals surface area (Å²) in [7, 11) is 0. The van der Waals surface area contributed by atoms with E-state index in [0.717, 1.165) is 12.8 Å².